The van der Waals surface area contributed by atoms with Crippen LogP contribution in [0, 0.1) is 19.8 Å². The second kappa shape index (κ2) is 11.0. The number of aromatic amines is 1. The lowest BCUT2D eigenvalue weighted by Gasteiger charge is -2.28. The summed E-state index contributed by atoms with van der Waals surface area (Å²) in [5.41, 5.74) is 7.46. The summed E-state index contributed by atoms with van der Waals surface area (Å²) in [6, 6.07) is 18.7. The molecule has 218 valence electrons. The van der Waals surface area contributed by atoms with Gasteiger partial charge in [-0.1, -0.05) is 49.7 Å². The molecule has 42 heavy (non-hydrogen) atoms. The minimum Gasteiger partial charge on any atom is -0.491 e. The molecule has 8 heteroatoms. The second-order valence-corrected chi connectivity index (χ2v) is 11.7. The quantitative estimate of drug-likeness (QED) is 0.214. The van der Waals surface area contributed by atoms with E-state index in [1.54, 1.807) is 6.07 Å². The molecular weight excluding hydrogens is 537 g/mol. The van der Waals surface area contributed by atoms with Crippen molar-refractivity contribution in [3.63, 3.8) is 0 Å². The maximum atomic E-state index is 13.9. The van der Waals surface area contributed by atoms with Crippen molar-refractivity contribution in [1.29, 1.82) is 0 Å². The minimum absolute atomic E-state index is 0.213. The Balaban J connectivity index is 1.47. The number of hydrogen-bond acceptors (Lipinski definition) is 3. The van der Waals surface area contributed by atoms with E-state index < -0.39 is 11.7 Å². The molecule has 5 aromatic rings. The highest BCUT2D eigenvalue weighted by molar-refractivity contribution is 5.85. The number of benzene rings is 3. The van der Waals surface area contributed by atoms with Crippen LogP contribution < -0.4 is 4.74 Å². The molecule has 1 aliphatic rings. The first-order valence-corrected chi connectivity index (χ1v) is 14.4. The molecule has 1 aliphatic heterocycles. The fourth-order valence-corrected chi connectivity index (χ4v) is 5.87. The van der Waals surface area contributed by atoms with Crippen LogP contribution in [0.3, 0.4) is 0 Å². The number of nitrogens with one attached hydrogen (secondary N) is 1. The number of fused-ring (bicyclic) bond motifs is 2. The number of nitrogens with zero attached hydrogens (tertiary/aromatic N) is 3. The molecule has 0 aliphatic carbocycles. The number of alkyl halides is 3. The molecule has 0 bridgehead atoms. The lowest BCUT2D eigenvalue weighted by molar-refractivity contribution is -0.138. The monoisotopic (exact) mass is 572 g/mol. The summed E-state index contributed by atoms with van der Waals surface area (Å²) in [5, 5.41) is 6.23. The van der Waals surface area contributed by atoms with Crippen LogP contribution in [-0.4, -0.2) is 32.8 Å². The molecule has 0 saturated carbocycles. The van der Waals surface area contributed by atoms with E-state index in [0.717, 1.165) is 56.0 Å². The Kier molecular flexibility index (Phi) is 7.35. The van der Waals surface area contributed by atoms with Gasteiger partial charge in [0.25, 0.3) is 0 Å². The fraction of sp³-hybridized carbons (Fsp3) is 0.324. The standard InChI is InChI=1S/C34H35F3N4O/c1-21(2)20-42-31-7-5-6-23(4)32(31)41-33(25-9-11-29-24(17-25)12-14-38-29)27-19-40(15-13-30(27)39-41)18-26-16-22(3)8-10-28(26)34(35,36)37/h5-12,14,16-17,21,38H,13,15,18-20H2,1-4H3. The number of para-hydroxylation sites is 1. The molecule has 0 spiro atoms. The molecular formula is C34H35F3N4O. The topological polar surface area (TPSA) is 46.1 Å². The van der Waals surface area contributed by atoms with Crippen LogP contribution in [0.4, 0.5) is 13.2 Å². The van der Waals surface area contributed by atoms with Crippen LogP contribution in [0.5, 0.6) is 5.75 Å². The predicted octanol–water partition coefficient (Wildman–Crippen LogP) is 8.25. The van der Waals surface area contributed by atoms with Crippen LogP contribution in [-0.2, 0) is 25.7 Å². The highest BCUT2D eigenvalue weighted by Crippen LogP contribution is 2.39. The highest BCUT2D eigenvalue weighted by atomic mass is 19.4. The van der Waals surface area contributed by atoms with Gasteiger partial charge in [0.1, 0.15) is 11.4 Å². The van der Waals surface area contributed by atoms with Gasteiger partial charge in [-0.15, -0.1) is 0 Å². The maximum absolute atomic E-state index is 13.9. The van der Waals surface area contributed by atoms with Gasteiger partial charge in [0.05, 0.1) is 23.6 Å². The predicted molar refractivity (Wildman–Crippen MR) is 160 cm³/mol. The van der Waals surface area contributed by atoms with E-state index in [-0.39, 0.29) is 6.54 Å². The van der Waals surface area contributed by atoms with Gasteiger partial charge in [-0.3, -0.25) is 4.90 Å². The molecule has 5 nitrogen and oxygen atoms in total. The Labute approximate surface area is 243 Å². The Morgan fingerprint density at radius 2 is 1.86 bits per heavy atom. The zero-order chi connectivity index (χ0) is 29.6. The SMILES string of the molecule is Cc1ccc(C(F)(F)F)c(CN2CCc3nn(-c4c(C)cccc4OCC(C)C)c(-c4ccc5[nH]ccc5c4)c3C2)c1. The Bertz CT molecular complexity index is 1750. The lowest BCUT2D eigenvalue weighted by Crippen LogP contribution is -2.31. The van der Waals surface area contributed by atoms with Crippen molar-refractivity contribution < 1.29 is 17.9 Å². The van der Waals surface area contributed by atoms with Crippen molar-refractivity contribution >= 4 is 10.9 Å². The third-order valence-corrected chi connectivity index (χ3v) is 7.88. The number of halogens is 3. The summed E-state index contributed by atoms with van der Waals surface area (Å²) in [7, 11) is 0. The van der Waals surface area contributed by atoms with Crippen molar-refractivity contribution in [3.05, 3.63) is 100 Å². The number of hydrogen-bond donors (Lipinski definition) is 1. The number of ether oxygens (including phenoxy) is 1. The molecule has 2 aromatic heterocycles. The summed E-state index contributed by atoms with van der Waals surface area (Å²) in [4.78, 5) is 5.36. The highest BCUT2D eigenvalue weighted by Gasteiger charge is 2.34. The van der Waals surface area contributed by atoms with Gasteiger partial charge in [0, 0.05) is 54.3 Å². The largest absolute Gasteiger partial charge is 0.491 e. The van der Waals surface area contributed by atoms with E-state index in [0.29, 0.717) is 37.6 Å². The Hall–Kier alpha value is -4.04. The minimum atomic E-state index is -4.40. The molecule has 0 atom stereocenters. The van der Waals surface area contributed by atoms with Crippen LogP contribution in [0.15, 0.2) is 66.9 Å². The van der Waals surface area contributed by atoms with Crippen molar-refractivity contribution in [2.75, 3.05) is 13.2 Å². The summed E-state index contributed by atoms with van der Waals surface area (Å²) >= 11 is 0. The first-order valence-electron chi connectivity index (χ1n) is 14.4. The molecule has 3 aromatic carbocycles. The van der Waals surface area contributed by atoms with Gasteiger partial charge in [-0.25, -0.2) is 4.68 Å². The maximum Gasteiger partial charge on any atom is 0.416 e. The van der Waals surface area contributed by atoms with Crippen LogP contribution in [0.1, 0.15) is 47.4 Å². The van der Waals surface area contributed by atoms with Gasteiger partial charge in [-0.05, 0) is 61.2 Å². The summed E-state index contributed by atoms with van der Waals surface area (Å²) in [6.45, 7) is 10.0. The zero-order valence-corrected chi connectivity index (χ0v) is 24.3. The first kappa shape index (κ1) is 28.1. The zero-order valence-electron chi connectivity index (χ0n) is 24.3. The van der Waals surface area contributed by atoms with E-state index in [9.17, 15) is 13.2 Å². The Morgan fingerprint density at radius 1 is 1.02 bits per heavy atom. The van der Waals surface area contributed by atoms with E-state index in [1.165, 1.54) is 12.1 Å². The molecule has 0 saturated heterocycles. The van der Waals surface area contributed by atoms with E-state index in [1.807, 2.05) is 36.0 Å². The number of aromatic nitrogens is 3. The number of aryl methyl sites for hydroxylation is 2. The van der Waals surface area contributed by atoms with E-state index >= 15 is 0 Å². The van der Waals surface area contributed by atoms with Gasteiger partial charge in [-0.2, -0.15) is 18.3 Å². The molecule has 0 radical (unpaired) electrons. The van der Waals surface area contributed by atoms with Crippen molar-refractivity contribution in [1.82, 2.24) is 19.7 Å². The molecule has 0 amide bonds. The van der Waals surface area contributed by atoms with Gasteiger partial charge >= 0.3 is 6.18 Å². The summed E-state index contributed by atoms with van der Waals surface area (Å²) in [6.07, 6.45) is -1.84. The molecule has 0 fully saturated rings. The van der Waals surface area contributed by atoms with E-state index in [4.69, 9.17) is 9.84 Å². The van der Waals surface area contributed by atoms with E-state index in [2.05, 4.69) is 54.9 Å². The van der Waals surface area contributed by atoms with Gasteiger partial charge in [0.2, 0.25) is 0 Å². The third-order valence-electron chi connectivity index (χ3n) is 7.88. The van der Waals surface area contributed by atoms with Gasteiger partial charge in [0.15, 0.2) is 0 Å². The lowest BCUT2D eigenvalue weighted by atomic mass is 9.98. The van der Waals surface area contributed by atoms with Crippen LogP contribution in [0.25, 0.3) is 27.8 Å². The smallest absolute Gasteiger partial charge is 0.416 e. The van der Waals surface area contributed by atoms with Crippen LogP contribution >= 0.6 is 0 Å². The average Bonchev–Trinajstić information content (AvgIpc) is 3.55. The van der Waals surface area contributed by atoms with Gasteiger partial charge < -0.3 is 9.72 Å². The van der Waals surface area contributed by atoms with Crippen molar-refractivity contribution in [3.8, 4) is 22.7 Å². The molecule has 1 N–H and O–H groups in total. The summed E-state index contributed by atoms with van der Waals surface area (Å²) in [5.74, 6) is 1.12. The second-order valence-electron chi connectivity index (χ2n) is 11.7. The number of rotatable bonds is 7. The van der Waals surface area contributed by atoms with Crippen LogP contribution in [0.2, 0.25) is 0 Å². The summed E-state index contributed by atoms with van der Waals surface area (Å²) < 4.78 is 50.0. The fourth-order valence-electron chi connectivity index (χ4n) is 5.87. The molecule has 0 unspecified atom stereocenters. The normalized spacial score (nSPS) is 14.1. The molecule has 6 rings (SSSR count). The third kappa shape index (κ3) is 5.43. The molecule has 3 heterocycles. The Morgan fingerprint density at radius 3 is 2.64 bits per heavy atom. The van der Waals surface area contributed by atoms with Crippen molar-refractivity contribution in [2.24, 2.45) is 5.92 Å². The number of H-pyrrole nitrogens is 1. The van der Waals surface area contributed by atoms with Crippen molar-refractivity contribution in [2.45, 2.75) is 53.4 Å². The first-order chi connectivity index (χ1) is 20.1. The average molecular weight is 573 g/mol.